The fraction of sp³-hybridized carbons (Fsp3) is 0.400. The molecule has 0 spiro atoms. The molecule has 2 N–H and O–H groups in total. The Hall–Kier alpha value is -1.02. The first-order valence-electron chi connectivity index (χ1n) is 6.88. The number of phenols is 1. The van der Waals surface area contributed by atoms with Gasteiger partial charge in [0.15, 0.2) is 0 Å². The number of aryl methyl sites for hydroxylation is 1. The summed E-state index contributed by atoms with van der Waals surface area (Å²) in [5.74, 6) is -0.128. The second kappa shape index (κ2) is 4.12. The summed E-state index contributed by atoms with van der Waals surface area (Å²) >= 11 is 0. The molecule has 0 unspecified atom stereocenters. The largest absolute Gasteiger partial charge is 0.508 e. The van der Waals surface area contributed by atoms with E-state index in [0.29, 0.717) is 0 Å². The minimum Gasteiger partial charge on any atom is -0.508 e. The lowest BCUT2D eigenvalue weighted by molar-refractivity contribution is 0.185. The molecule has 66 valence electrons. The predicted octanol–water partition coefficient (Wildman–Crippen LogP) is 1.71. The molecule has 1 atom stereocenters. The summed E-state index contributed by atoms with van der Waals surface area (Å²) in [6.07, 6.45) is -8.21. The second-order valence-electron chi connectivity index (χ2n) is 2.22. The Kier molecular flexibility index (Phi) is 1.16. The molecule has 0 aliphatic rings. The zero-order chi connectivity index (χ0) is 15.1. The molecule has 1 rings (SSSR count). The third-order valence-electron chi connectivity index (χ3n) is 1.22. The van der Waals surface area contributed by atoms with Gasteiger partial charge in [0.1, 0.15) is 5.75 Å². The van der Waals surface area contributed by atoms with Crippen molar-refractivity contribution in [2.24, 2.45) is 0 Å². The monoisotopic (exact) mass is 173 g/mol. The maximum absolute atomic E-state index is 9.54. The third-order valence-corrected chi connectivity index (χ3v) is 1.22. The van der Waals surface area contributed by atoms with Crippen LogP contribution in [-0.4, -0.2) is 16.3 Å². The molecule has 0 bridgehead atoms. The molecule has 1 aromatic rings. The second-order valence-corrected chi connectivity index (χ2v) is 2.22. The van der Waals surface area contributed by atoms with Crippen molar-refractivity contribution in [2.45, 2.75) is 25.7 Å². The Labute approximate surface area is 82.3 Å². The third kappa shape index (κ3) is 2.93. The van der Waals surface area contributed by atoms with Gasteiger partial charge in [-0.25, -0.2) is 0 Å². The fourth-order valence-corrected chi connectivity index (χ4v) is 0.696. The van der Waals surface area contributed by atoms with Crippen LogP contribution in [-0.2, 0) is 6.37 Å². The van der Waals surface area contributed by atoms with E-state index in [-0.39, 0.29) is 11.3 Å². The van der Waals surface area contributed by atoms with Gasteiger partial charge in [0.2, 0.25) is 0 Å². The van der Waals surface area contributed by atoms with Crippen molar-refractivity contribution in [1.82, 2.24) is 0 Å². The summed E-state index contributed by atoms with van der Waals surface area (Å²) in [5.41, 5.74) is -0.168. The van der Waals surface area contributed by atoms with Crippen molar-refractivity contribution in [2.75, 3.05) is 0 Å². The maximum atomic E-state index is 9.54. The number of benzene rings is 1. The van der Waals surface area contributed by atoms with Crippen LogP contribution in [0.5, 0.6) is 5.75 Å². The molecule has 2 nitrogen and oxygen atoms in total. The Bertz CT molecular complexity index is 438. The molecule has 0 saturated carbocycles. The lowest BCUT2D eigenvalue weighted by Gasteiger charge is -2.03. The highest BCUT2D eigenvalue weighted by Gasteiger charge is 1.97. The number of aliphatic hydroxyl groups excluding tert-OH is 1. The van der Waals surface area contributed by atoms with Crippen molar-refractivity contribution in [3.05, 3.63) is 29.8 Å². The number of phenolic OH excluding ortho intramolecular Hbond substituents is 1. The zero-order valence-electron chi connectivity index (χ0n) is 13.3. The van der Waals surface area contributed by atoms with Gasteiger partial charge in [0, 0.05) is 9.60 Å². The van der Waals surface area contributed by atoms with Gasteiger partial charge in [-0.05, 0) is 37.3 Å². The smallest absolute Gasteiger partial charge is 0.115 e. The maximum Gasteiger partial charge on any atom is 0.115 e. The number of aromatic hydroxyl groups is 1. The van der Waals surface area contributed by atoms with Crippen LogP contribution in [0.25, 0.3) is 0 Å². The quantitative estimate of drug-likeness (QED) is 0.730. The van der Waals surface area contributed by atoms with Gasteiger partial charge >= 0.3 is 0 Å². The van der Waals surface area contributed by atoms with Crippen LogP contribution in [0.3, 0.4) is 0 Å². The topological polar surface area (TPSA) is 40.5 Å². The van der Waals surface area contributed by atoms with Crippen molar-refractivity contribution in [3.63, 3.8) is 0 Å². The molecule has 0 heterocycles. The molecule has 2 heteroatoms. The van der Waals surface area contributed by atoms with Crippen LogP contribution < -0.4 is 0 Å². The number of aliphatic hydroxyl groups is 1. The first-order chi connectivity index (χ1) is 8.40. The van der Waals surface area contributed by atoms with E-state index in [0.717, 1.165) is 24.3 Å². The van der Waals surface area contributed by atoms with E-state index in [2.05, 4.69) is 0 Å². The summed E-state index contributed by atoms with van der Waals surface area (Å²) in [7, 11) is 0. The van der Waals surface area contributed by atoms with Gasteiger partial charge in [-0.3, -0.25) is 0 Å². The normalized spacial score (nSPS) is 24.9. The molecule has 0 aliphatic carbocycles. The Balaban J connectivity index is 3.21. The Morgan fingerprint density at radius 3 is 2.75 bits per heavy atom. The van der Waals surface area contributed by atoms with Crippen molar-refractivity contribution >= 4 is 0 Å². The molecule has 0 amide bonds. The van der Waals surface area contributed by atoms with Gasteiger partial charge in [0.05, 0.1) is 6.10 Å². The molecular formula is C10H14O2. The van der Waals surface area contributed by atoms with E-state index in [9.17, 15) is 5.11 Å². The van der Waals surface area contributed by atoms with E-state index in [4.69, 9.17) is 14.7 Å². The van der Waals surface area contributed by atoms with E-state index in [1.54, 1.807) is 0 Å². The average Bonchev–Trinajstić information content (AvgIpc) is 2.27. The fourth-order valence-electron chi connectivity index (χ4n) is 0.696. The SMILES string of the molecule is [2H]C([2H])([2H])[C@@H](O)C([2H])([2H])C([2H])([2H])c1ccc(O)cc1. The van der Waals surface area contributed by atoms with Gasteiger partial charge < -0.3 is 10.2 Å². The first-order valence-corrected chi connectivity index (χ1v) is 3.38. The summed E-state index contributed by atoms with van der Waals surface area (Å²) in [6, 6.07) is 4.59. The van der Waals surface area contributed by atoms with Crippen LogP contribution >= 0.6 is 0 Å². The number of hydrogen-bond acceptors (Lipinski definition) is 2. The zero-order valence-corrected chi connectivity index (χ0v) is 6.28. The standard InChI is InChI=1S/C10H14O2/c1-8(11)2-3-9-4-6-10(12)7-5-9/h4-8,11-12H,2-3H2,1H3/t8-/m1/s1/i1D3,2D2,3D2. The van der Waals surface area contributed by atoms with Gasteiger partial charge in [-0.15, -0.1) is 0 Å². The van der Waals surface area contributed by atoms with Crippen LogP contribution in [0.4, 0.5) is 0 Å². The number of hydrogen-bond donors (Lipinski definition) is 2. The highest BCUT2D eigenvalue weighted by atomic mass is 16.3. The van der Waals surface area contributed by atoms with Gasteiger partial charge in [0.25, 0.3) is 0 Å². The van der Waals surface area contributed by atoms with E-state index in [1.807, 2.05) is 0 Å². The van der Waals surface area contributed by atoms with Crippen LogP contribution in [0.15, 0.2) is 24.3 Å². The Morgan fingerprint density at radius 1 is 1.50 bits per heavy atom. The molecule has 0 aliphatic heterocycles. The molecule has 0 saturated heterocycles. The van der Waals surface area contributed by atoms with Crippen LogP contribution in [0.2, 0.25) is 0 Å². The van der Waals surface area contributed by atoms with Crippen molar-refractivity contribution in [3.8, 4) is 5.75 Å². The highest BCUT2D eigenvalue weighted by molar-refractivity contribution is 5.25. The summed E-state index contributed by atoms with van der Waals surface area (Å²) in [5, 5.41) is 18.6. The summed E-state index contributed by atoms with van der Waals surface area (Å²) in [4.78, 5) is 0. The highest BCUT2D eigenvalue weighted by Crippen LogP contribution is 2.11. The van der Waals surface area contributed by atoms with E-state index >= 15 is 0 Å². The molecule has 0 aromatic heterocycles. The molecule has 0 fully saturated rings. The van der Waals surface area contributed by atoms with Crippen LogP contribution in [0, 0.1) is 0 Å². The molecule has 0 radical (unpaired) electrons. The summed E-state index contributed by atoms with van der Waals surface area (Å²) in [6.45, 7) is -3.03. The van der Waals surface area contributed by atoms with Gasteiger partial charge in [-0.2, -0.15) is 0 Å². The lowest BCUT2D eigenvalue weighted by atomic mass is 10.1. The van der Waals surface area contributed by atoms with Crippen molar-refractivity contribution < 1.29 is 19.8 Å². The number of rotatable bonds is 3. The van der Waals surface area contributed by atoms with E-state index < -0.39 is 25.7 Å². The molecular weight excluding hydrogens is 152 g/mol. The average molecular weight is 173 g/mol. The first kappa shape index (κ1) is 3.38. The minimum absolute atomic E-state index is 0.128. The molecule has 12 heavy (non-hydrogen) atoms. The van der Waals surface area contributed by atoms with Gasteiger partial charge in [-0.1, -0.05) is 12.1 Å². The molecule has 1 aromatic carbocycles. The predicted molar refractivity (Wildman–Crippen MR) is 48.1 cm³/mol. The Morgan fingerprint density at radius 2 is 2.17 bits per heavy atom. The lowest BCUT2D eigenvalue weighted by Crippen LogP contribution is -2.00. The van der Waals surface area contributed by atoms with E-state index in [1.165, 1.54) is 0 Å². The van der Waals surface area contributed by atoms with Crippen LogP contribution in [0.1, 0.15) is 28.4 Å². The minimum atomic E-state index is -3.03. The summed E-state index contributed by atoms with van der Waals surface area (Å²) < 4.78 is 51.7. The van der Waals surface area contributed by atoms with Crippen molar-refractivity contribution in [1.29, 1.82) is 0 Å².